The predicted molar refractivity (Wildman–Crippen MR) is 72.9 cm³/mol. The number of hydrogen-bond acceptors (Lipinski definition) is 3. The lowest BCUT2D eigenvalue weighted by Gasteiger charge is -2.13. The second-order valence-corrected chi connectivity index (χ2v) is 5.95. The summed E-state index contributed by atoms with van der Waals surface area (Å²) in [6.45, 7) is 3.51. The topological polar surface area (TPSA) is 63.2 Å². The van der Waals surface area contributed by atoms with E-state index >= 15 is 0 Å². The normalized spacial score (nSPS) is 15.8. The Labute approximate surface area is 116 Å². The average Bonchev–Trinajstić information content (AvgIpc) is 2.36. The van der Waals surface area contributed by atoms with E-state index in [2.05, 4.69) is 11.3 Å². The molecule has 0 saturated carbocycles. The van der Waals surface area contributed by atoms with E-state index in [4.69, 9.17) is 11.6 Å². The number of Topliss-reactive ketones (excluding diaryl/α,β-unsaturated/α-hetero) is 1. The lowest BCUT2D eigenvalue weighted by molar-refractivity contribution is -0.111. The third-order valence-corrected chi connectivity index (χ3v) is 4.10. The lowest BCUT2D eigenvalue weighted by Crippen LogP contribution is -2.24. The van der Waals surface area contributed by atoms with Crippen LogP contribution < -0.4 is 4.72 Å². The van der Waals surface area contributed by atoms with E-state index in [9.17, 15) is 13.2 Å². The molecular formula is C13H10ClNO3S. The summed E-state index contributed by atoms with van der Waals surface area (Å²) in [6, 6.07) is 7.90. The summed E-state index contributed by atoms with van der Waals surface area (Å²) in [5.41, 5.74) is 0.344. The molecule has 0 heterocycles. The van der Waals surface area contributed by atoms with Gasteiger partial charge in [0.1, 0.15) is 0 Å². The van der Waals surface area contributed by atoms with Gasteiger partial charge in [-0.1, -0.05) is 36.4 Å². The number of benzene rings is 1. The van der Waals surface area contributed by atoms with Crippen molar-refractivity contribution in [2.45, 2.75) is 4.90 Å². The molecule has 0 aliphatic heterocycles. The van der Waals surface area contributed by atoms with Crippen molar-refractivity contribution in [3.05, 3.63) is 65.4 Å². The number of carbonyl (C=O) groups is 1. The Morgan fingerprint density at radius 3 is 2.32 bits per heavy atom. The second kappa shape index (κ2) is 5.03. The van der Waals surface area contributed by atoms with E-state index in [1.165, 1.54) is 24.3 Å². The van der Waals surface area contributed by atoms with Gasteiger partial charge in [0.05, 0.1) is 15.6 Å². The van der Waals surface area contributed by atoms with E-state index in [-0.39, 0.29) is 21.2 Å². The minimum Gasteiger partial charge on any atom is -0.288 e. The number of sulfonamides is 1. The molecule has 0 aromatic heterocycles. The summed E-state index contributed by atoms with van der Waals surface area (Å²) < 4.78 is 26.5. The fourth-order valence-electron chi connectivity index (χ4n) is 1.52. The van der Waals surface area contributed by atoms with Gasteiger partial charge in [0, 0.05) is 5.57 Å². The molecule has 1 aromatic carbocycles. The van der Waals surface area contributed by atoms with Gasteiger partial charge >= 0.3 is 0 Å². The molecule has 19 heavy (non-hydrogen) atoms. The highest BCUT2D eigenvalue weighted by atomic mass is 35.5. The summed E-state index contributed by atoms with van der Waals surface area (Å²) in [5, 5.41) is -0.0711. The quantitative estimate of drug-likeness (QED) is 0.869. The van der Waals surface area contributed by atoms with Crippen molar-refractivity contribution in [2.24, 2.45) is 0 Å². The van der Waals surface area contributed by atoms with Crippen molar-refractivity contribution in [3.63, 3.8) is 0 Å². The van der Waals surface area contributed by atoms with E-state index in [1.807, 2.05) is 0 Å². The summed E-state index contributed by atoms with van der Waals surface area (Å²) in [4.78, 5) is 11.5. The van der Waals surface area contributed by atoms with Crippen molar-refractivity contribution in [3.8, 4) is 0 Å². The molecule has 0 saturated heterocycles. The number of ketones is 1. The molecule has 1 aliphatic carbocycles. The molecule has 1 aliphatic rings. The first-order valence-electron chi connectivity index (χ1n) is 5.30. The van der Waals surface area contributed by atoms with Crippen LogP contribution in [0.3, 0.4) is 0 Å². The maximum absolute atomic E-state index is 12.1. The van der Waals surface area contributed by atoms with Crippen LogP contribution in [0.2, 0.25) is 0 Å². The number of carbonyl (C=O) groups excluding carboxylic acids is 1. The average molecular weight is 296 g/mol. The van der Waals surface area contributed by atoms with Crippen LogP contribution in [0.5, 0.6) is 0 Å². The summed E-state index contributed by atoms with van der Waals surface area (Å²) >= 11 is 5.71. The Bertz CT molecular complexity index is 703. The molecule has 0 unspecified atom stereocenters. The number of halogens is 1. The summed E-state index contributed by atoms with van der Waals surface area (Å²) in [7, 11) is -3.70. The molecule has 6 heteroatoms. The first-order chi connectivity index (χ1) is 8.90. The molecule has 2 rings (SSSR count). The van der Waals surface area contributed by atoms with Gasteiger partial charge in [-0.2, -0.15) is 0 Å². The highest BCUT2D eigenvalue weighted by Gasteiger charge is 2.20. The zero-order valence-electron chi connectivity index (χ0n) is 9.76. The minimum absolute atomic E-state index is 0.0711. The maximum Gasteiger partial charge on any atom is 0.261 e. The molecule has 98 valence electrons. The van der Waals surface area contributed by atoms with Crippen LogP contribution in [0.4, 0.5) is 0 Å². The van der Waals surface area contributed by atoms with Crippen LogP contribution in [0, 0.1) is 0 Å². The van der Waals surface area contributed by atoms with Crippen molar-refractivity contribution in [2.75, 3.05) is 0 Å². The van der Waals surface area contributed by atoms with Gasteiger partial charge in [0.25, 0.3) is 10.0 Å². The van der Waals surface area contributed by atoms with Gasteiger partial charge < -0.3 is 0 Å². The summed E-state index contributed by atoms with van der Waals surface area (Å²) in [5.74, 6) is -0.413. The first kappa shape index (κ1) is 13.6. The van der Waals surface area contributed by atoms with Crippen LogP contribution in [0.1, 0.15) is 0 Å². The Balaban J connectivity index is 2.30. The Morgan fingerprint density at radius 1 is 1.11 bits per heavy atom. The zero-order valence-corrected chi connectivity index (χ0v) is 11.3. The van der Waals surface area contributed by atoms with E-state index in [0.717, 1.165) is 0 Å². The van der Waals surface area contributed by atoms with Crippen molar-refractivity contribution in [1.82, 2.24) is 4.72 Å². The lowest BCUT2D eigenvalue weighted by atomic mass is 10.1. The second-order valence-electron chi connectivity index (χ2n) is 3.86. The number of hydrogen-bond donors (Lipinski definition) is 1. The van der Waals surface area contributed by atoms with Crippen molar-refractivity contribution in [1.29, 1.82) is 0 Å². The third kappa shape index (κ3) is 2.94. The molecule has 0 fully saturated rings. The Kier molecular flexibility index (Phi) is 3.59. The zero-order chi connectivity index (χ0) is 14.0. The fourth-order valence-corrected chi connectivity index (χ4v) is 2.82. The van der Waals surface area contributed by atoms with Crippen molar-refractivity contribution < 1.29 is 13.2 Å². The number of allylic oxidation sites excluding steroid dienone is 4. The van der Waals surface area contributed by atoms with Crippen LogP contribution in [-0.2, 0) is 14.8 Å². The van der Waals surface area contributed by atoms with Gasteiger partial charge in [-0.25, -0.2) is 8.42 Å². The minimum atomic E-state index is -3.70. The first-order valence-corrected chi connectivity index (χ1v) is 7.16. The molecule has 0 amide bonds. The molecule has 1 N–H and O–H groups in total. The van der Waals surface area contributed by atoms with Crippen LogP contribution >= 0.6 is 11.6 Å². The highest BCUT2D eigenvalue weighted by molar-refractivity contribution is 7.89. The highest BCUT2D eigenvalue weighted by Crippen LogP contribution is 2.20. The van der Waals surface area contributed by atoms with Crippen LogP contribution in [0.25, 0.3) is 0 Å². The van der Waals surface area contributed by atoms with E-state index in [1.54, 1.807) is 18.2 Å². The SMILES string of the molecule is C=C1C=C(NS(=O)(=O)c2ccccc2)C=C(Cl)C1=O. The fraction of sp³-hybridized carbons (Fsp3) is 0. The molecule has 4 nitrogen and oxygen atoms in total. The molecular weight excluding hydrogens is 286 g/mol. The molecule has 0 atom stereocenters. The van der Waals surface area contributed by atoms with Gasteiger partial charge in [-0.3, -0.25) is 9.52 Å². The van der Waals surface area contributed by atoms with Crippen molar-refractivity contribution >= 4 is 27.4 Å². The monoisotopic (exact) mass is 295 g/mol. The van der Waals surface area contributed by atoms with Gasteiger partial charge in [-0.05, 0) is 24.3 Å². The summed E-state index contributed by atoms with van der Waals surface area (Å²) in [6.07, 6.45) is 2.60. The van der Waals surface area contributed by atoms with Gasteiger partial charge in [0.15, 0.2) is 0 Å². The third-order valence-electron chi connectivity index (χ3n) is 2.43. The smallest absolute Gasteiger partial charge is 0.261 e. The molecule has 0 spiro atoms. The van der Waals surface area contributed by atoms with Gasteiger partial charge in [0.2, 0.25) is 5.78 Å². The number of rotatable bonds is 3. The van der Waals surface area contributed by atoms with Crippen LogP contribution in [0.15, 0.2) is 70.3 Å². The maximum atomic E-state index is 12.1. The Hall–Kier alpha value is -1.85. The Morgan fingerprint density at radius 2 is 1.74 bits per heavy atom. The molecule has 0 radical (unpaired) electrons. The van der Waals surface area contributed by atoms with Crippen LogP contribution in [-0.4, -0.2) is 14.2 Å². The van der Waals surface area contributed by atoms with Gasteiger partial charge in [-0.15, -0.1) is 0 Å². The number of nitrogens with one attached hydrogen (secondary N) is 1. The largest absolute Gasteiger partial charge is 0.288 e. The van der Waals surface area contributed by atoms with E-state index in [0.29, 0.717) is 0 Å². The molecule has 0 bridgehead atoms. The molecule has 1 aromatic rings. The van der Waals surface area contributed by atoms with E-state index < -0.39 is 15.8 Å². The predicted octanol–water partition coefficient (Wildman–Crippen LogP) is 2.11. The standard InChI is InChI=1S/C13H10ClNO3S/c1-9-7-10(8-12(14)13(9)16)15-19(17,18)11-5-3-2-4-6-11/h2-8,15H,1H2.